The number of amides is 1. The first-order valence-corrected chi connectivity index (χ1v) is 10.8. The first-order chi connectivity index (χ1) is 13.9. The molecule has 0 bridgehead atoms. The van der Waals surface area contributed by atoms with Crippen LogP contribution in [0.5, 0.6) is 0 Å². The summed E-state index contributed by atoms with van der Waals surface area (Å²) in [5.41, 5.74) is 1.54. The number of para-hydroxylation sites is 1. The molecule has 0 spiro atoms. The third-order valence-corrected chi connectivity index (χ3v) is 5.51. The minimum Gasteiger partial charge on any atom is -0.344 e. The molecule has 7 heteroatoms. The fourth-order valence-electron chi connectivity index (χ4n) is 3.02. The third-order valence-electron chi connectivity index (χ3n) is 4.38. The molecule has 1 amide bonds. The number of halogens is 1. The summed E-state index contributed by atoms with van der Waals surface area (Å²) in [5.74, 6) is -1.26. The van der Waals surface area contributed by atoms with Gasteiger partial charge in [0.2, 0.25) is 15.9 Å². The molecule has 0 aliphatic heterocycles. The largest absolute Gasteiger partial charge is 0.344 e. The summed E-state index contributed by atoms with van der Waals surface area (Å²) in [4.78, 5) is 12.8. The SMILES string of the molecule is CS(=O)(=O)N(CC(=O)NC(c1ccccc1)c1ccccc1)c1ccccc1F. The Morgan fingerprint density at radius 1 is 0.897 bits per heavy atom. The topological polar surface area (TPSA) is 66.5 Å². The Labute approximate surface area is 169 Å². The van der Waals surface area contributed by atoms with Gasteiger partial charge in [-0.15, -0.1) is 0 Å². The van der Waals surface area contributed by atoms with Gasteiger partial charge in [-0.1, -0.05) is 72.8 Å². The average molecular weight is 412 g/mol. The number of nitrogens with one attached hydrogen (secondary N) is 1. The summed E-state index contributed by atoms with van der Waals surface area (Å²) in [7, 11) is -3.87. The van der Waals surface area contributed by atoms with Crippen molar-refractivity contribution >= 4 is 21.6 Å². The standard InChI is InChI=1S/C22H21FN2O3S/c1-29(27,28)25(20-15-9-8-14-19(20)23)16-21(26)24-22(17-10-4-2-5-11-17)18-12-6-3-7-13-18/h2-15,22H,16H2,1H3,(H,24,26). The lowest BCUT2D eigenvalue weighted by Crippen LogP contribution is -2.42. The van der Waals surface area contributed by atoms with Gasteiger partial charge in [-0.2, -0.15) is 0 Å². The van der Waals surface area contributed by atoms with Crippen LogP contribution in [0, 0.1) is 5.82 Å². The van der Waals surface area contributed by atoms with E-state index in [2.05, 4.69) is 5.32 Å². The number of hydrogen-bond donors (Lipinski definition) is 1. The van der Waals surface area contributed by atoms with Gasteiger partial charge in [-0.05, 0) is 23.3 Å². The van der Waals surface area contributed by atoms with E-state index >= 15 is 0 Å². The van der Waals surface area contributed by atoms with Gasteiger partial charge in [0, 0.05) is 0 Å². The van der Waals surface area contributed by atoms with Crippen molar-refractivity contribution in [2.75, 3.05) is 17.1 Å². The van der Waals surface area contributed by atoms with Gasteiger partial charge in [0.05, 0.1) is 18.0 Å². The van der Waals surface area contributed by atoms with E-state index < -0.39 is 34.3 Å². The molecule has 0 aliphatic rings. The number of anilines is 1. The Hall–Kier alpha value is -3.19. The molecule has 0 aliphatic carbocycles. The minimum atomic E-state index is -3.87. The van der Waals surface area contributed by atoms with Gasteiger partial charge < -0.3 is 5.32 Å². The number of carbonyl (C=O) groups is 1. The molecule has 3 aromatic carbocycles. The van der Waals surface area contributed by atoms with Crippen molar-refractivity contribution in [2.24, 2.45) is 0 Å². The second kappa shape index (κ2) is 8.87. The van der Waals surface area contributed by atoms with Gasteiger partial charge in [0.25, 0.3) is 0 Å². The lowest BCUT2D eigenvalue weighted by Gasteiger charge is -2.25. The fourth-order valence-corrected chi connectivity index (χ4v) is 3.88. The molecular formula is C22H21FN2O3S. The molecule has 0 aromatic heterocycles. The van der Waals surface area contributed by atoms with Crippen LogP contribution in [-0.2, 0) is 14.8 Å². The highest BCUT2D eigenvalue weighted by atomic mass is 32.2. The predicted molar refractivity (Wildman–Crippen MR) is 111 cm³/mol. The Morgan fingerprint density at radius 3 is 1.86 bits per heavy atom. The number of nitrogens with zero attached hydrogens (tertiary/aromatic N) is 1. The van der Waals surface area contributed by atoms with Crippen molar-refractivity contribution in [3.8, 4) is 0 Å². The van der Waals surface area contributed by atoms with Crippen molar-refractivity contribution in [1.82, 2.24) is 5.32 Å². The maximum Gasteiger partial charge on any atom is 0.241 e. The van der Waals surface area contributed by atoms with Crippen LogP contribution in [0.3, 0.4) is 0 Å². The summed E-state index contributed by atoms with van der Waals surface area (Å²) in [6.45, 7) is -0.532. The van der Waals surface area contributed by atoms with Crippen molar-refractivity contribution in [3.05, 3.63) is 102 Å². The quantitative estimate of drug-likeness (QED) is 0.646. The molecule has 0 saturated carbocycles. The van der Waals surface area contributed by atoms with Crippen LogP contribution in [0.4, 0.5) is 10.1 Å². The van der Waals surface area contributed by atoms with Crippen LogP contribution >= 0.6 is 0 Å². The molecule has 1 N–H and O–H groups in total. The molecule has 5 nitrogen and oxygen atoms in total. The molecule has 0 unspecified atom stereocenters. The second-order valence-corrected chi connectivity index (χ2v) is 8.45. The Bertz CT molecular complexity index is 1030. The Morgan fingerprint density at radius 2 is 1.38 bits per heavy atom. The van der Waals surface area contributed by atoms with Gasteiger partial charge >= 0.3 is 0 Å². The number of carbonyl (C=O) groups excluding carboxylic acids is 1. The number of benzene rings is 3. The van der Waals surface area contributed by atoms with E-state index in [1.165, 1.54) is 18.2 Å². The van der Waals surface area contributed by atoms with Crippen LogP contribution in [0.1, 0.15) is 17.2 Å². The fraction of sp³-hybridized carbons (Fsp3) is 0.136. The average Bonchev–Trinajstić information content (AvgIpc) is 2.71. The van der Waals surface area contributed by atoms with Crippen molar-refractivity contribution < 1.29 is 17.6 Å². The predicted octanol–water partition coefficient (Wildman–Crippen LogP) is 3.50. The highest BCUT2D eigenvalue weighted by Gasteiger charge is 2.25. The molecule has 0 saturated heterocycles. The summed E-state index contributed by atoms with van der Waals surface area (Å²) < 4.78 is 39.4. The minimum absolute atomic E-state index is 0.166. The zero-order chi connectivity index (χ0) is 20.9. The van der Waals surface area contributed by atoms with E-state index in [0.29, 0.717) is 0 Å². The second-order valence-electron chi connectivity index (χ2n) is 6.54. The van der Waals surface area contributed by atoms with Crippen LogP contribution in [0.15, 0.2) is 84.9 Å². The van der Waals surface area contributed by atoms with Crippen molar-refractivity contribution in [3.63, 3.8) is 0 Å². The van der Waals surface area contributed by atoms with Crippen LogP contribution < -0.4 is 9.62 Å². The van der Waals surface area contributed by atoms with E-state index in [-0.39, 0.29) is 5.69 Å². The number of hydrogen-bond acceptors (Lipinski definition) is 3. The summed E-state index contributed by atoms with van der Waals surface area (Å²) in [5, 5.41) is 2.87. The van der Waals surface area contributed by atoms with Crippen LogP contribution in [-0.4, -0.2) is 27.1 Å². The highest BCUT2D eigenvalue weighted by Crippen LogP contribution is 2.23. The molecule has 0 heterocycles. The Balaban J connectivity index is 1.88. The zero-order valence-corrected chi connectivity index (χ0v) is 16.6. The van der Waals surface area contributed by atoms with E-state index in [1.54, 1.807) is 0 Å². The third kappa shape index (κ3) is 5.20. The molecule has 0 fully saturated rings. The molecule has 3 aromatic rings. The van der Waals surface area contributed by atoms with Gasteiger partial charge in [0.15, 0.2) is 0 Å². The molecule has 150 valence electrons. The zero-order valence-electron chi connectivity index (χ0n) is 15.8. The van der Waals surface area contributed by atoms with E-state index in [9.17, 15) is 17.6 Å². The van der Waals surface area contributed by atoms with Crippen molar-refractivity contribution in [1.29, 1.82) is 0 Å². The van der Waals surface area contributed by atoms with E-state index in [4.69, 9.17) is 0 Å². The maximum atomic E-state index is 14.2. The monoisotopic (exact) mass is 412 g/mol. The Kier molecular flexibility index (Phi) is 6.29. The van der Waals surface area contributed by atoms with Crippen LogP contribution in [0.25, 0.3) is 0 Å². The summed E-state index contributed by atoms with van der Waals surface area (Å²) in [6.07, 6.45) is 0.943. The molecule has 29 heavy (non-hydrogen) atoms. The normalized spacial score (nSPS) is 11.3. The first-order valence-electron chi connectivity index (χ1n) is 8.98. The highest BCUT2D eigenvalue weighted by molar-refractivity contribution is 7.92. The van der Waals surface area contributed by atoms with Gasteiger partial charge in [-0.3, -0.25) is 9.10 Å². The van der Waals surface area contributed by atoms with Gasteiger partial charge in [0.1, 0.15) is 12.4 Å². The number of rotatable bonds is 7. The molecule has 0 radical (unpaired) electrons. The molecule has 3 rings (SSSR count). The lowest BCUT2D eigenvalue weighted by molar-refractivity contribution is -0.120. The molecular weight excluding hydrogens is 391 g/mol. The summed E-state index contributed by atoms with van der Waals surface area (Å²) in [6, 6.07) is 23.7. The maximum absolute atomic E-state index is 14.2. The number of sulfonamides is 1. The van der Waals surface area contributed by atoms with Gasteiger partial charge in [-0.25, -0.2) is 12.8 Å². The molecule has 0 atom stereocenters. The smallest absolute Gasteiger partial charge is 0.241 e. The van der Waals surface area contributed by atoms with Crippen LogP contribution in [0.2, 0.25) is 0 Å². The summed E-state index contributed by atoms with van der Waals surface area (Å²) >= 11 is 0. The van der Waals surface area contributed by atoms with E-state index in [0.717, 1.165) is 27.8 Å². The van der Waals surface area contributed by atoms with E-state index in [1.807, 2.05) is 60.7 Å². The first kappa shape index (κ1) is 20.5. The van der Waals surface area contributed by atoms with Crippen molar-refractivity contribution in [2.45, 2.75) is 6.04 Å². The lowest BCUT2D eigenvalue weighted by atomic mass is 9.99.